The number of hydrogen-bond donors (Lipinski definition) is 1. The Hall–Kier alpha value is 0.938. The molecule has 3 heteroatoms. The van der Waals surface area contributed by atoms with Crippen LogP contribution >= 0.6 is 11.8 Å². The largest absolute Gasteiger partial charge is 0.247 e. The second-order valence-electron chi connectivity index (χ2n) is 0. The Labute approximate surface area is 45.9 Å². The Morgan fingerprint density at radius 1 is 1.25 bits per heavy atom. The first-order chi connectivity index (χ1) is 1.00. The van der Waals surface area contributed by atoms with Crippen LogP contribution in [0.1, 0.15) is 7.43 Å². The molecule has 2 N–H and O–H groups in total. The molecule has 0 aliphatic heterocycles. The molecule has 0 heterocycles. The van der Waals surface area contributed by atoms with Crippen LogP contribution in [0, 0.1) is 0 Å². The maximum absolute atomic E-state index is 4.14. The number of hydrogen-bond acceptors (Lipinski definition) is 1. The second kappa shape index (κ2) is 38.6. The van der Waals surface area contributed by atoms with Crippen LogP contribution in [0.15, 0.2) is 0 Å². The first kappa shape index (κ1) is 20.4. The van der Waals surface area contributed by atoms with E-state index in [0.29, 0.717) is 0 Å². The number of nitrogens with two attached hydrogens (primary N) is 1. The predicted octanol–water partition coefficient (Wildman–Crippen LogP) is 0.733. The number of rotatable bonds is 0. The van der Waals surface area contributed by atoms with Gasteiger partial charge in [0, 0.05) is 21.1 Å². The van der Waals surface area contributed by atoms with Gasteiger partial charge in [-0.2, -0.15) is 0 Å². The molecule has 0 saturated heterocycles. The van der Waals surface area contributed by atoms with Crippen molar-refractivity contribution >= 4 is 11.8 Å². The Kier molecular flexibility index (Phi) is 197. The molecule has 0 aliphatic rings. The molecule has 4 heavy (non-hydrogen) atoms. The third kappa shape index (κ3) is 12.5. The van der Waals surface area contributed by atoms with Crippen molar-refractivity contribution in [2.45, 2.75) is 7.43 Å². The van der Waals surface area contributed by atoms with Crippen LogP contribution in [0.25, 0.3) is 0 Å². The zero-order valence-corrected chi connectivity index (χ0v) is 4.30. The van der Waals surface area contributed by atoms with E-state index in [1.165, 1.54) is 0 Å². The van der Waals surface area contributed by atoms with E-state index in [-0.39, 0.29) is 28.5 Å². The molecule has 0 aliphatic carbocycles. The van der Waals surface area contributed by atoms with Crippen molar-refractivity contribution in [3.8, 4) is 0 Å². The van der Waals surface area contributed by atoms with Crippen molar-refractivity contribution in [1.29, 1.82) is 0 Å². The molecule has 0 radical (unpaired) electrons. The van der Waals surface area contributed by atoms with Crippen LogP contribution in [-0.4, -0.2) is 0 Å². The third-order valence-corrected chi connectivity index (χ3v) is 0. The Balaban J connectivity index is -0.00000000500. The van der Waals surface area contributed by atoms with Crippen LogP contribution in [0.2, 0.25) is 0 Å². The molecule has 0 unspecified atom stereocenters. The van der Waals surface area contributed by atoms with Gasteiger partial charge in [-0.25, -0.2) is 5.25 Å². The van der Waals surface area contributed by atoms with Gasteiger partial charge in [0.2, 0.25) is 0 Å². The van der Waals surface area contributed by atoms with E-state index in [9.17, 15) is 0 Å². The fourth-order valence-electron chi connectivity index (χ4n) is 0. The summed E-state index contributed by atoms with van der Waals surface area (Å²) in [6, 6.07) is 0. The summed E-state index contributed by atoms with van der Waals surface area (Å²) in [5.74, 6) is 0. The summed E-state index contributed by atoms with van der Waals surface area (Å²) in [7, 11) is 0. The molecule has 0 aromatic heterocycles. The maximum Gasteiger partial charge on any atom is 0 e. The van der Waals surface area contributed by atoms with Gasteiger partial charge >= 0.3 is 0 Å². The fourth-order valence-corrected chi connectivity index (χ4v) is 0. The van der Waals surface area contributed by atoms with Crippen LogP contribution < -0.4 is 5.25 Å². The van der Waals surface area contributed by atoms with E-state index in [0.717, 1.165) is 0 Å². The molecule has 0 saturated carbocycles. The van der Waals surface area contributed by atoms with Gasteiger partial charge in [-0.3, -0.25) is 0 Å². The van der Waals surface area contributed by atoms with Gasteiger partial charge in [-0.05, 0) is 11.8 Å². The molecule has 32 valence electrons. The standard InChI is InChI=1S/CH4.ClH2N.Pt/c;1-2;/h1H4;2H2;. The van der Waals surface area contributed by atoms with E-state index in [4.69, 9.17) is 0 Å². The Morgan fingerprint density at radius 2 is 1.25 bits per heavy atom. The van der Waals surface area contributed by atoms with Crippen molar-refractivity contribution in [3.63, 3.8) is 0 Å². The average Bonchev–Trinajstić information content (AvgIpc) is 1.00. The van der Waals surface area contributed by atoms with Crippen molar-refractivity contribution in [2.75, 3.05) is 0 Å². The van der Waals surface area contributed by atoms with Gasteiger partial charge in [-0.15, -0.1) is 0 Å². The van der Waals surface area contributed by atoms with Crippen molar-refractivity contribution in [3.05, 3.63) is 0 Å². The smallest absolute Gasteiger partial charge is 0 e. The fraction of sp³-hybridized carbons (Fsp3) is 1.00. The third-order valence-electron chi connectivity index (χ3n) is 0. The average molecular weight is 263 g/mol. The summed E-state index contributed by atoms with van der Waals surface area (Å²) in [6.45, 7) is 0. The molecule has 0 spiro atoms. The molecule has 1 nitrogen and oxygen atoms in total. The van der Waals surface area contributed by atoms with E-state index in [2.05, 4.69) is 17.0 Å². The van der Waals surface area contributed by atoms with Gasteiger partial charge in [0.25, 0.3) is 0 Å². The van der Waals surface area contributed by atoms with E-state index < -0.39 is 0 Å². The summed E-state index contributed by atoms with van der Waals surface area (Å²) >= 11 is 4.14. The molecule has 0 atom stereocenters. The second-order valence-corrected chi connectivity index (χ2v) is 0. The first-order valence-electron chi connectivity index (χ1n) is 0.218. The zero-order valence-electron chi connectivity index (χ0n) is 1.27. The van der Waals surface area contributed by atoms with Crippen LogP contribution in [0.5, 0.6) is 0 Å². The van der Waals surface area contributed by atoms with Crippen LogP contribution in [-0.2, 0) is 21.1 Å². The summed E-state index contributed by atoms with van der Waals surface area (Å²) in [5, 5.41) is 3.97. The normalized spacial score (nSPS) is 1.50. The van der Waals surface area contributed by atoms with E-state index in [1.54, 1.807) is 0 Å². The van der Waals surface area contributed by atoms with Crippen LogP contribution in [0.4, 0.5) is 0 Å². The van der Waals surface area contributed by atoms with E-state index >= 15 is 0 Å². The summed E-state index contributed by atoms with van der Waals surface area (Å²) in [6.07, 6.45) is 0. The minimum absolute atomic E-state index is 0. The summed E-state index contributed by atoms with van der Waals surface area (Å²) in [4.78, 5) is 0. The molecule has 0 bridgehead atoms. The monoisotopic (exact) mass is 262 g/mol. The minimum atomic E-state index is 0. The SMILES string of the molecule is C.NCl.[Pt]. The van der Waals surface area contributed by atoms with Gasteiger partial charge in [0.1, 0.15) is 0 Å². The first-order valence-corrected chi connectivity index (χ1v) is 0.655. The topological polar surface area (TPSA) is 26.0 Å². The van der Waals surface area contributed by atoms with Crippen molar-refractivity contribution in [1.82, 2.24) is 0 Å². The molecule has 0 amide bonds. The molecule has 0 fully saturated rings. The Morgan fingerprint density at radius 3 is 1.25 bits per heavy atom. The molecule has 0 aromatic rings. The quantitative estimate of drug-likeness (QED) is 0.640. The van der Waals surface area contributed by atoms with Gasteiger partial charge in [-0.1, -0.05) is 7.43 Å². The Bertz CT molecular complexity index is 8.00. The molecule has 0 aromatic carbocycles. The zero-order chi connectivity index (χ0) is 2.00. The van der Waals surface area contributed by atoms with Crippen molar-refractivity contribution in [2.24, 2.45) is 5.25 Å². The predicted molar refractivity (Wildman–Crippen MR) is 16.8 cm³/mol. The van der Waals surface area contributed by atoms with Crippen molar-refractivity contribution < 1.29 is 21.1 Å². The maximum atomic E-state index is 4.14. The van der Waals surface area contributed by atoms with E-state index in [1.807, 2.05) is 0 Å². The molecular formula is CH6ClNPt. The summed E-state index contributed by atoms with van der Waals surface area (Å²) in [5.41, 5.74) is 0. The molecular weight excluding hydrogens is 257 g/mol. The van der Waals surface area contributed by atoms with Gasteiger partial charge in [0.15, 0.2) is 0 Å². The minimum Gasteiger partial charge on any atom is -0.247 e. The summed E-state index contributed by atoms with van der Waals surface area (Å²) < 4.78 is 0. The van der Waals surface area contributed by atoms with Crippen LogP contribution in [0.3, 0.4) is 0 Å². The van der Waals surface area contributed by atoms with Gasteiger partial charge < -0.3 is 0 Å². The van der Waals surface area contributed by atoms with Gasteiger partial charge in [0.05, 0.1) is 0 Å². The molecule has 0 rings (SSSR count). The number of halogens is 1.